The van der Waals surface area contributed by atoms with Gasteiger partial charge in [0, 0.05) is 28.6 Å². The number of aliphatic hydroxyl groups is 1. The van der Waals surface area contributed by atoms with Crippen LogP contribution in [0.2, 0.25) is 5.02 Å². The lowest BCUT2D eigenvalue weighted by atomic mass is 9.87. The number of aromatic nitrogens is 1. The van der Waals surface area contributed by atoms with Gasteiger partial charge >= 0.3 is 5.97 Å². The molecule has 1 aromatic heterocycles. The Bertz CT molecular complexity index is 1410. The minimum Gasteiger partial charge on any atom is -0.493 e. The molecular formula is C29H30ClNO4. The van der Waals surface area contributed by atoms with Crippen molar-refractivity contribution in [2.75, 3.05) is 13.7 Å². The Hall–Kier alpha value is -3.15. The highest BCUT2D eigenvalue weighted by Gasteiger charge is 2.22. The van der Waals surface area contributed by atoms with Gasteiger partial charge in [-0.05, 0) is 91.1 Å². The van der Waals surface area contributed by atoms with E-state index in [1.807, 2.05) is 43.5 Å². The summed E-state index contributed by atoms with van der Waals surface area (Å²) in [5.74, 6) is 0.587. The van der Waals surface area contributed by atoms with Crippen molar-refractivity contribution in [1.82, 2.24) is 4.98 Å². The number of nitrogens with zero attached hydrogens (tertiary/aromatic N) is 1. The Kier molecular flexibility index (Phi) is 7.02. The van der Waals surface area contributed by atoms with Crippen molar-refractivity contribution >= 4 is 39.2 Å². The first-order valence-electron chi connectivity index (χ1n) is 11.6. The van der Waals surface area contributed by atoms with Crippen LogP contribution in [0.3, 0.4) is 0 Å². The molecule has 0 bridgehead atoms. The van der Waals surface area contributed by atoms with Gasteiger partial charge in [-0.15, -0.1) is 0 Å². The van der Waals surface area contributed by atoms with Gasteiger partial charge in [-0.3, -0.25) is 9.78 Å². The van der Waals surface area contributed by atoms with E-state index >= 15 is 0 Å². The molecule has 35 heavy (non-hydrogen) atoms. The highest BCUT2D eigenvalue weighted by molar-refractivity contribution is 6.31. The third-order valence-corrected chi connectivity index (χ3v) is 6.06. The van der Waals surface area contributed by atoms with Crippen LogP contribution in [0.25, 0.3) is 32.8 Å². The maximum Gasteiger partial charge on any atom is 0.310 e. The van der Waals surface area contributed by atoms with E-state index in [1.165, 1.54) is 12.7 Å². The van der Waals surface area contributed by atoms with Crippen molar-refractivity contribution < 1.29 is 19.4 Å². The molecule has 1 N–H and O–H groups in total. The summed E-state index contributed by atoms with van der Waals surface area (Å²) >= 11 is 6.28. The Morgan fingerprint density at radius 3 is 2.63 bits per heavy atom. The van der Waals surface area contributed by atoms with Gasteiger partial charge in [0.2, 0.25) is 0 Å². The minimum absolute atomic E-state index is 0.190. The summed E-state index contributed by atoms with van der Waals surface area (Å²) in [6, 6.07) is 14.0. The number of fused-ring (bicyclic) bond motifs is 1. The molecule has 0 atom stereocenters. The van der Waals surface area contributed by atoms with E-state index in [2.05, 4.69) is 12.1 Å². The second-order valence-corrected chi connectivity index (χ2v) is 10.2. The smallest absolute Gasteiger partial charge is 0.310 e. The van der Waals surface area contributed by atoms with E-state index in [-0.39, 0.29) is 12.4 Å². The molecule has 0 unspecified atom stereocenters. The summed E-state index contributed by atoms with van der Waals surface area (Å²) in [6.07, 6.45) is 2.90. The lowest BCUT2D eigenvalue weighted by Gasteiger charge is -2.22. The van der Waals surface area contributed by atoms with Crippen molar-refractivity contribution in [2.24, 2.45) is 0 Å². The number of methoxy groups -OCH3 is 1. The van der Waals surface area contributed by atoms with Gasteiger partial charge in [0.15, 0.2) is 0 Å². The average Bonchev–Trinajstić information content (AvgIpc) is 2.79. The molecule has 1 aliphatic rings. The van der Waals surface area contributed by atoms with Gasteiger partial charge in [-0.25, -0.2) is 0 Å². The first kappa shape index (κ1) is 25.0. The maximum absolute atomic E-state index is 12.3. The van der Waals surface area contributed by atoms with Crippen molar-refractivity contribution in [3.63, 3.8) is 0 Å². The number of esters is 1. The fourth-order valence-electron chi connectivity index (χ4n) is 4.42. The average molecular weight is 492 g/mol. The van der Waals surface area contributed by atoms with E-state index in [9.17, 15) is 4.79 Å². The maximum atomic E-state index is 12.3. The van der Waals surface area contributed by atoms with Crippen LogP contribution >= 0.6 is 11.6 Å². The molecule has 0 fully saturated rings. The second kappa shape index (κ2) is 9.84. The first-order valence-corrected chi connectivity index (χ1v) is 12.0. The monoisotopic (exact) mass is 491 g/mol. The molecule has 0 amide bonds. The standard InChI is InChI=1S/C25H20ClNO3.C4H10O/c1-14-11-16-12-17(26)3-4-18(16)24(20(14)13-22(28)29-2)19-5-6-21-23-15(8-10-30-21)7-9-27-25(19)23;1-4(2,3)5/h3-7,9,11-12H,8,10,13H2,1-2H3;5H,1-3H3. The molecular weight excluding hydrogens is 462 g/mol. The Balaban J connectivity index is 0.000000527. The number of rotatable bonds is 3. The summed E-state index contributed by atoms with van der Waals surface area (Å²) in [5, 5.41) is 12.3. The Labute approximate surface area is 210 Å². The van der Waals surface area contributed by atoms with Crippen molar-refractivity contribution in [1.29, 1.82) is 0 Å². The molecule has 5 nitrogen and oxygen atoms in total. The molecule has 182 valence electrons. The third-order valence-electron chi connectivity index (χ3n) is 5.82. The van der Waals surface area contributed by atoms with Gasteiger partial charge in [0.1, 0.15) is 5.75 Å². The molecule has 0 spiro atoms. The number of carbonyl (C=O) groups is 1. The molecule has 3 aromatic carbocycles. The van der Waals surface area contributed by atoms with E-state index in [0.29, 0.717) is 11.6 Å². The van der Waals surface area contributed by atoms with Crippen LogP contribution in [-0.4, -0.2) is 35.4 Å². The van der Waals surface area contributed by atoms with Gasteiger partial charge in [-0.2, -0.15) is 0 Å². The largest absolute Gasteiger partial charge is 0.493 e. The number of ether oxygens (including phenoxy) is 2. The molecule has 4 aromatic rings. The van der Waals surface area contributed by atoms with Crippen LogP contribution in [0.1, 0.15) is 37.5 Å². The zero-order valence-electron chi connectivity index (χ0n) is 20.7. The SMILES string of the molecule is CC(C)(C)O.COC(=O)Cc1c(C)cc2cc(Cl)ccc2c1-c1ccc2c3c(ccnc13)CCO2. The number of aryl methyl sites for hydroxylation is 1. The number of pyridine rings is 1. The van der Waals surface area contributed by atoms with E-state index < -0.39 is 5.60 Å². The fourth-order valence-corrected chi connectivity index (χ4v) is 4.60. The number of halogens is 1. The predicted octanol–water partition coefficient (Wildman–Crippen LogP) is 6.44. The molecule has 0 saturated heterocycles. The number of hydrogen-bond acceptors (Lipinski definition) is 5. The summed E-state index contributed by atoms with van der Waals surface area (Å²) in [4.78, 5) is 17.0. The zero-order chi connectivity index (χ0) is 25.3. The summed E-state index contributed by atoms with van der Waals surface area (Å²) in [6.45, 7) is 7.92. The molecule has 1 aliphatic heterocycles. The van der Waals surface area contributed by atoms with E-state index in [4.69, 9.17) is 31.2 Å². The molecule has 0 radical (unpaired) electrons. The quantitative estimate of drug-likeness (QED) is 0.334. The van der Waals surface area contributed by atoms with Gasteiger partial charge in [0.05, 0.1) is 31.3 Å². The van der Waals surface area contributed by atoms with Gasteiger partial charge in [0.25, 0.3) is 0 Å². The van der Waals surface area contributed by atoms with Crippen LogP contribution in [-0.2, 0) is 22.4 Å². The summed E-state index contributed by atoms with van der Waals surface area (Å²) in [7, 11) is 1.42. The number of benzene rings is 3. The van der Waals surface area contributed by atoms with Crippen molar-refractivity contribution in [3.05, 3.63) is 70.4 Å². The summed E-state index contributed by atoms with van der Waals surface area (Å²) < 4.78 is 10.9. The van der Waals surface area contributed by atoms with Crippen molar-refractivity contribution in [2.45, 2.75) is 46.1 Å². The van der Waals surface area contributed by atoms with Gasteiger partial charge in [-0.1, -0.05) is 23.7 Å². The predicted molar refractivity (Wildman–Crippen MR) is 141 cm³/mol. The zero-order valence-corrected chi connectivity index (χ0v) is 21.5. The van der Waals surface area contributed by atoms with E-state index in [0.717, 1.165) is 56.1 Å². The van der Waals surface area contributed by atoms with Crippen LogP contribution in [0, 0.1) is 6.92 Å². The van der Waals surface area contributed by atoms with Gasteiger partial charge < -0.3 is 14.6 Å². The topological polar surface area (TPSA) is 68.7 Å². The molecule has 0 saturated carbocycles. The fraction of sp³-hybridized carbons (Fsp3) is 0.310. The first-order chi connectivity index (χ1) is 16.6. The molecule has 0 aliphatic carbocycles. The highest BCUT2D eigenvalue weighted by atomic mass is 35.5. The van der Waals surface area contributed by atoms with Crippen molar-refractivity contribution in [3.8, 4) is 16.9 Å². The van der Waals surface area contributed by atoms with Crippen LogP contribution in [0.4, 0.5) is 0 Å². The number of carbonyl (C=O) groups excluding carboxylic acids is 1. The lowest BCUT2D eigenvalue weighted by Crippen LogP contribution is -2.10. The summed E-state index contributed by atoms with van der Waals surface area (Å²) in [5.41, 5.74) is 5.55. The number of hydrogen-bond donors (Lipinski definition) is 1. The molecule has 6 heteroatoms. The minimum atomic E-state index is -0.500. The van der Waals surface area contributed by atoms with Crippen LogP contribution in [0.15, 0.2) is 48.7 Å². The Morgan fingerprint density at radius 2 is 1.91 bits per heavy atom. The molecule has 5 rings (SSSR count). The van der Waals surface area contributed by atoms with Crippen LogP contribution in [0.5, 0.6) is 5.75 Å². The Morgan fingerprint density at radius 1 is 1.17 bits per heavy atom. The lowest BCUT2D eigenvalue weighted by molar-refractivity contribution is -0.139. The molecule has 2 heterocycles. The third kappa shape index (κ3) is 5.42. The second-order valence-electron chi connectivity index (χ2n) is 9.74. The normalized spacial score (nSPS) is 12.7. The van der Waals surface area contributed by atoms with E-state index in [1.54, 1.807) is 20.8 Å². The van der Waals surface area contributed by atoms with Crippen LogP contribution < -0.4 is 4.74 Å². The highest BCUT2D eigenvalue weighted by Crippen LogP contribution is 2.42.